The molecule has 3 aromatic rings. The van der Waals surface area contributed by atoms with E-state index in [0.717, 1.165) is 23.9 Å². The van der Waals surface area contributed by atoms with E-state index in [2.05, 4.69) is 71.8 Å². The van der Waals surface area contributed by atoms with Gasteiger partial charge in [-0.15, -0.1) is 0 Å². The first-order chi connectivity index (χ1) is 16.4. The van der Waals surface area contributed by atoms with E-state index in [4.69, 9.17) is 19.9 Å². The molecule has 35 heavy (non-hydrogen) atoms. The van der Waals surface area contributed by atoms with Gasteiger partial charge in [-0.1, -0.05) is 0 Å². The number of hydrogen-bond acceptors (Lipinski definition) is 5. The molecular weight excluding hydrogens is 436 g/mol. The molecular formula is C29H36N4O2. The number of carbonyl (C=O) groups is 1. The number of hydrogen-bond donors (Lipinski definition) is 2. The Hall–Kier alpha value is -3.54. The van der Waals surface area contributed by atoms with Gasteiger partial charge in [0.25, 0.3) is 5.97 Å². The van der Waals surface area contributed by atoms with Crippen molar-refractivity contribution in [1.29, 1.82) is 0 Å². The van der Waals surface area contributed by atoms with Crippen molar-refractivity contribution in [3.63, 3.8) is 0 Å². The number of carboxylic acid groups (broad SMARTS) is 1. The van der Waals surface area contributed by atoms with Crippen LogP contribution in [-0.4, -0.2) is 33.8 Å². The van der Waals surface area contributed by atoms with E-state index in [1.54, 1.807) is 0 Å². The number of aliphatic imine (C=N–C) groups is 1. The summed E-state index contributed by atoms with van der Waals surface area (Å²) in [4.78, 5) is 23.6. The Balaban J connectivity index is 0.000000795. The number of anilines is 1. The van der Waals surface area contributed by atoms with Crippen LogP contribution in [0.25, 0.3) is 11.3 Å². The van der Waals surface area contributed by atoms with E-state index < -0.39 is 5.97 Å². The lowest BCUT2D eigenvalue weighted by molar-refractivity contribution is -0.134. The Labute approximate surface area is 208 Å². The summed E-state index contributed by atoms with van der Waals surface area (Å²) in [5.74, 6) is -0.194. The van der Waals surface area contributed by atoms with Crippen molar-refractivity contribution < 1.29 is 9.90 Å². The second-order valence-electron chi connectivity index (χ2n) is 9.37. The molecule has 1 aromatic heterocycles. The first kappa shape index (κ1) is 26.1. The SMILES string of the molecule is CC(=O)O.CNc1ncc2c(n1)-c1c(cc(C)c(C)c1C)C(c1c(C)c(C)c(C)c(C)c1C)=NC2. The lowest BCUT2D eigenvalue weighted by Gasteiger charge is -2.22. The van der Waals surface area contributed by atoms with Gasteiger partial charge < -0.3 is 10.4 Å². The molecule has 0 bridgehead atoms. The zero-order chi connectivity index (χ0) is 26.2. The van der Waals surface area contributed by atoms with Crippen LogP contribution in [-0.2, 0) is 11.3 Å². The Morgan fingerprint density at radius 1 is 0.857 bits per heavy atom. The molecule has 0 fully saturated rings. The van der Waals surface area contributed by atoms with E-state index in [0.29, 0.717) is 12.5 Å². The van der Waals surface area contributed by atoms with Crippen LogP contribution in [0.3, 0.4) is 0 Å². The molecule has 4 rings (SSSR count). The van der Waals surface area contributed by atoms with Gasteiger partial charge in [0.2, 0.25) is 5.95 Å². The molecule has 0 atom stereocenters. The fraction of sp³-hybridized carbons (Fsp3) is 0.379. The first-order valence-electron chi connectivity index (χ1n) is 11.9. The van der Waals surface area contributed by atoms with E-state index in [-0.39, 0.29) is 0 Å². The molecule has 0 amide bonds. The molecule has 2 N–H and O–H groups in total. The lowest BCUT2D eigenvalue weighted by atomic mass is 9.82. The number of nitrogens with one attached hydrogen (secondary N) is 1. The predicted octanol–water partition coefficient (Wildman–Crippen LogP) is 6.09. The first-order valence-corrected chi connectivity index (χ1v) is 11.9. The Morgan fingerprint density at radius 2 is 1.37 bits per heavy atom. The lowest BCUT2D eigenvalue weighted by Crippen LogP contribution is -2.14. The summed E-state index contributed by atoms with van der Waals surface area (Å²) in [5.41, 5.74) is 17.3. The van der Waals surface area contributed by atoms with Crippen LogP contribution in [0, 0.1) is 55.4 Å². The van der Waals surface area contributed by atoms with E-state index >= 15 is 0 Å². The number of carboxylic acids is 1. The predicted molar refractivity (Wildman–Crippen MR) is 144 cm³/mol. The average Bonchev–Trinajstić information content (AvgIpc) is 2.96. The van der Waals surface area contributed by atoms with Crippen LogP contribution in [0.15, 0.2) is 17.3 Å². The highest BCUT2D eigenvalue weighted by atomic mass is 16.4. The summed E-state index contributed by atoms with van der Waals surface area (Å²) in [7, 11) is 1.86. The number of aliphatic carboxylic acids is 1. The number of rotatable bonds is 2. The highest BCUT2D eigenvalue weighted by molar-refractivity contribution is 6.19. The smallest absolute Gasteiger partial charge is 0.300 e. The highest BCUT2D eigenvalue weighted by Gasteiger charge is 2.27. The summed E-state index contributed by atoms with van der Waals surface area (Å²) in [5, 5.41) is 10.5. The van der Waals surface area contributed by atoms with Crippen molar-refractivity contribution >= 4 is 17.6 Å². The minimum Gasteiger partial charge on any atom is -0.481 e. The topological polar surface area (TPSA) is 87.5 Å². The Bertz CT molecular complexity index is 1340. The van der Waals surface area contributed by atoms with Crippen LogP contribution in [0.5, 0.6) is 0 Å². The minimum absolute atomic E-state index is 0.575. The maximum absolute atomic E-state index is 9.00. The molecule has 0 spiro atoms. The second-order valence-corrected chi connectivity index (χ2v) is 9.37. The molecule has 1 aliphatic rings. The molecule has 6 heteroatoms. The fourth-order valence-corrected chi connectivity index (χ4v) is 4.75. The molecule has 184 valence electrons. The zero-order valence-electron chi connectivity index (χ0n) is 22.6. The standard InChI is InChI=1S/C27H32N4.C2H4O2/c1-13-10-22-24(18(6)14(13)2)25-21(12-30-27(28-9)31-25)11-29-26(22)23-19(7)16(4)15(3)17(5)20(23)8;1-2(3)4/h10,12H,11H2,1-9H3,(H,28,30,31);1H3,(H,3,4). The number of nitrogens with zero attached hydrogens (tertiary/aromatic N) is 3. The zero-order valence-corrected chi connectivity index (χ0v) is 22.6. The van der Waals surface area contributed by atoms with Crippen molar-refractivity contribution in [3.05, 3.63) is 73.5 Å². The van der Waals surface area contributed by atoms with Crippen LogP contribution >= 0.6 is 0 Å². The molecule has 6 nitrogen and oxygen atoms in total. The van der Waals surface area contributed by atoms with Gasteiger partial charge in [0.15, 0.2) is 0 Å². The molecule has 1 aliphatic heterocycles. The largest absolute Gasteiger partial charge is 0.481 e. The van der Waals surface area contributed by atoms with Crippen LogP contribution in [0.2, 0.25) is 0 Å². The van der Waals surface area contributed by atoms with Crippen molar-refractivity contribution in [2.24, 2.45) is 4.99 Å². The molecule has 0 radical (unpaired) electrons. The monoisotopic (exact) mass is 472 g/mol. The van der Waals surface area contributed by atoms with Crippen LogP contribution in [0.1, 0.15) is 68.1 Å². The fourth-order valence-electron chi connectivity index (χ4n) is 4.75. The third-order valence-electron chi connectivity index (χ3n) is 7.38. The molecule has 0 saturated heterocycles. The van der Waals surface area contributed by atoms with Gasteiger partial charge in [-0.05, 0) is 106 Å². The number of aromatic nitrogens is 2. The Kier molecular flexibility index (Phi) is 7.44. The third kappa shape index (κ3) is 4.70. The van der Waals surface area contributed by atoms with Gasteiger partial charge >= 0.3 is 0 Å². The van der Waals surface area contributed by atoms with Gasteiger partial charge in [0.05, 0.1) is 18.0 Å². The van der Waals surface area contributed by atoms with Gasteiger partial charge in [0, 0.05) is 42.4 Å². The number of aryl methyl sites for hydroxylation is 1. The van der Waals surface area contributed by atoms with E-state index in [1.165, 1.54) is 61.2 Å². The van der Waals surface area contributed by atoms with Gasteiger partial charge in [-0.25, -0.2) is 9.97 Å². The molecule has 0 unspecified atom stereocenters. The van der Waals surface area contributed by atoms with Crippen LogP contribution in [0.4, 0.5) is 5.95 Å². The highest BCUT2D eigenvalue weighted by Crippen LogP contribution is 2.38. The Morgan fingerprint density at radius 3 is 1.91 bits per heavy atom. The van der Waals surface area contributed by atoms with Crippen molar-refractivity contribution in [2.45, 2.75) is 68.9 Å². The summed E-state index contributed by atoms with van der Waals surface area (Å²) >= 11 is 0. The normalized spacial score (nSPS) is 12.0. The maximum atomic E-state index is 9.00. The van der Waals surface area contributed by atoms with E-state index in [1.807, 2.05) is 13.2 Å². The van der Waals surface area contributed by atoms with Crippen molar-refractivity contribution in [3.8, 4) is 11.3 Å². The molecule has 2 heterocycles. The van der Waals surface area contributed by atoms with Crippen molar-refractivity contribution in [1.82, 2.24) is 9.97 Å². The van der Waals surface area contributed by atoms with Crippen LogP contribution < -0.4 is 5.32 Å². The van der Waals surface area contributed by atoms with Gasteiger partial charge in [0.1, 0.15) is 0 Å². The van der Waals surface area contributed by atoms with E-state index in [9.17, 15) is 0 Å². The molecule has 2 aromatic carbocycles. The quantitative estimate of drug-likeness (QED) is 0.471. The van der Waals surface area contributed by atoms with Gasteiger partial charge in [-0.2, -0.15) is 0 Å². The summed E-state index contributed by atoms with van der Waals surface area (Å²) < 4.78 is 0. The minimum atomic E-state index is -0.833. The van der Waals surface area contributed by atoms with Gasteiger partial charge in [-0.3, -0.25) is 9.79 Å². The molecule has 0 aliphatic carbocycles. The summed E-state index contributed by atoms with van der Waals surface area (Å²) in [6, 6.07) is 2.30. The maximum Gasteiger partial charge on any atom is 0.300 e. The average molecular weight is 473 g/mol. The second kappa shape index (κ2) is 9.98. The third-order valence-corrected chi connectivity index (χ3v) is 7.38. The number of fused-ring (bicyclic) bond motifs is 3. The van der Waals surface area contributed by atoms with Crippen molar-refractivity contribution in [2.75, 3.05) is 12.4 Å². The number of benzene rings is 2. The summed E-state index contributed by atoms with van der Waals surface area (Å²) in [6.45, 7) is 19.4. The summed E-state index contributed by atoms with van der Waals surface area (Å²) in [6.07, 6.45) is 1.92. The molecule has 0 saturated carbocycles.